The third-order valence-electron chi connectivity index (χ3n) is 4.77. The Balaban J connectivity index is 1.87. The fraction of sp³-hybridized carbons (Fsp3) is 0.0435. The molecule has 0 unspecified atom stereocenters. The first-order chi connectivity index (χ1) is 14.4. The van der Waals surface area contributed by atoms with E-state index in [0.717, 1.165) is 41.3 Å². The molecule has 1 aliphatic rings. The van der Waals surface area contributed by atoms with Gasteiger partial charge in [-0.2, -0.15) is 0 Å². The fourth-order valence-electron chi connectivity index (χ4n) is 3.32. The van der Waals surface area contributed by atoms with Crippen LogP contribution in [0.15, 0.2) is 66.7 Å². The van der Waals surface area contributed by atoms with Gasteiger partial charge in [0.15, 0.2) is 23.3 Å². The molecule has 30 heavy (non-hydrogen) atoms. The highest BCUT2D eigenvalue weighted by atomic mass is 19.2. The molecule has 0 spiro atoms. The number of halogens is 4. The summed E-state index contributed by atoms with van der Waals surface area (Å²) >= 11 is 0. The first-order valence-electron chi connectivity index (χ1n) is 8.92. The Hall–Kier alpha value is -3.74. The summed E-state index contributed by atoms with van der Waals surface area (Å²) in [6, 6.07) is 14.2. The number of amides is 2. The molecule has 0 saturated carbocycles. The molecule has 2 amide bonds. The summed E-state index contributed by atoms with van der Waals surface area (Å²) in [6.07, 6.45) is 0. The predicted molar refractivity (Wildman–Crippen MR) is 102 cm³/mol. The van der Waals surface area contributed by atoms with Crippen LogP contribution in [0.4, 0.5) is 17.6 Å². The van der Waals surface area contributed by atoms with Gasteiger partial charge in [-0.1, -0.05) is 42.5 Å². The van der Waals surface area contributed by atoms with Crippen molar-refractivity contribution >= 4 is 23.0 Å². The molecular formula is C23H13F4NO2. The van der Waals surface area contributed by atoms with Crippen LogP contribution in [0.25, 0.3) is 11.1 Å². The van der Waals surface area contributed by atoms with Crippen LogP contribution in [0.2, 0.25) is 0 Å². The van der Waals surface area contributed by atoms with Gasteiger partial charge in [0, 0.05) is 0 Å². The molecule has 3 nitrogen and oxygen atoms in total. The van der Waals surface area contributed by atoms with Crippen LogP contribution in [0, 0.1) is 23.3 Å². The van der Waals surface area contributed by atoms with Crippen LogP contribution in [-0.2, 0) is 16.1 Å². The van der Waals surface area contributed by atoms with E-state index < -0.39 is 35.1 Å². The monoisotopic (exact) mass is 411 g/mol. The van der Waals surface area contributed by atoms with Gasteiger partial charge in [-0.05, 0) is 41.0 Å². The summed E-state index contributed by atoms with van der Waals surface area (Å²) in [6.45, 7) is -0.0706. The maximum Gasteiger partial charge on any atom is 0.262 e. The molecule has 0 atom stereocenters. The summed E-state index contributed by atoms with van der Waals surface area (Å²) in [5.41, 5.74) is 0.169. The SMILES string of the molecule is O=C1C(c2ccc(F)c(F)c2)=C(c2ccc(F)c(F)c2)C(=O)N1Cc1ccccc1. The van der Waals surface area contributed by atoms with Crippen LogP contribution in [0.3, 0.4) is 0 Å². The third-order valence-corrected chi connectivity index (χ3v) is 4.77. The lowest BCUT2D eigenvalue weighted by molar-refractivity contribution is -0.136. The molecule has 0 fully saturated rings. The fourth-order valence-corrected chi connectivity index (χ4v) is 3.32. The normalized spacial score (nSPS) is 14.1. The van der Waals surface area contributed by atoms with E-state index in [-0.39, 0.29) is 28.8 Å². The Labute approximate surface area is 168 Å². The van der Waals surface area contributed by atoms with Crippen molar-refractivity contribution in [3.8, 4) is 0 Å². The van der Waals surface area contributed by atoms with E-state index in [4.69, 9.17) is 0 Å². The Morgan fingerprint density at radius 2 is 1.07 bits per heavy atom. The minimum Gasteiger partial charge on any atom is -0.270 e. The van der Waals surface area contributed by atoms with E-state index in [0.29, 0.717) is 5.56 Å². The number of hydrogen-bond acceptors (Lipinski definition) is 2. The van der Waals surface area contributed by atoms with Crippen molar-refractivity contribution in [3.63, 3.8) is 0 Å². The van der Waals surface area contributed by atoms with E-state index in [1.54, 1.807) is 30.3 Å². The zero-order chi connectivity index (χ0) is 21.4. The summed E-state index contributed by atoms with van der Waals surface area (Å²) < 4.78 is 54.5. The molecule has 150 valence electrons. The highest BCUT2D eigenvalue weighted by Gasteiger charge is 2.40. The van der Waals surface area contributed by atoms with E-state index in [1.165, 1.54) is 0 Å². The number of imide groups is 1. The number of rotatable bonds is 4. The lowest BCUT2D eigenvalue weighted by Gasteiger charge is -2.15. The van der Waals surface area contributed by atoms with Crippen molar-refractivity contribution < 1.29 is 27.2 Å². The zero-order valence-corrected chi connectivity index (χ0v) is 15.3. The Bertz CT molecular complexity index is 1130. The molecule has 7 heteroatoms. The van der Waals surface area contributed by atoms with Gasteiger partial charge in [0.05, 0.1) is 17.7 Å². The smallest absolute Gasteiger partial charge is 0.262 e. The van der Waals surface area contributed by atoms with Gasteiger partial charge < -0.3 is 0 Å². The second kappa shape index (κ2) is 7.59. The van der Waals surface area contributed by atoms with Gasteiger partial charge in [-0.25, -0.2) is 17.6 Å². The molecule has 0 N–H and O–H groups in total. The van der Waals surface area contributed by atoms with Crippen LogP contribution in [0.1, 0.15) is 16.7 Å². The first kappa shape index (κ1) is 19.6. The predicted octanol–water partition coefficient (Wildman–Crippen LogP) is 4.72. The maximum absolute atomic E-state index is 13.8. The molecule has 0 saturated heterocycles. The lowest BCUT2D eigenvalue weighted by Crippen LogP contribution is -2.31. The van der Waals surface area contributed by atoms with Gasteiger partial charge in [0.25, 0.3) is 11.8 Å². The number of carbonyl (C=O) groups is 2. The molecule has 0 radical (unpaired) electrons. The average molecular weight is 411 g/mol. The van der Waals surface area contributed by atoms with E-state index in [1.807, 2.05) is 0 Å². The number of benzene rings is 3. The number of carbonyl (C=O) groups excluding carboxylic acids is 2. The van der Waals surface area contributed by atoms with Crippen LogP contribution >= 0.6 is 0 Å². The van der Waals surface area contributed by atoms with E-state index in [2.05, 4.69) is 0 Å². The number of nitrogens with zero attached hydrogens (tertiary/aromatic N) is 1. The summed E-state index contributed by atoms with van der Waals surface area (Å²) in [7, 11) is 0. The van der Waals surface area contributed by atoms with Crippen LogP contribution in [-0.4, -0.2) is 16.7 Å². The van der Waals surface area contributed by atoms with Gasteiger partial charge in [0.2, 0.25) is 0 Å². The lowest BCUT2D eigenvalue weighted by atomic mass is 9.96. The Morgan fingerprint density at radius 3 is 1.50 bits per heavy atom. The molecule has 0 aromatic heterocycles. The summed E-state index contributed by atoms with van der Waals surface area (Å²) in [5, 5.41) is 0. The van der Waals surface area contributed by atoms with Gasteiger partial charge in [-0.15, -0.1) is 0 Å². The van der Waals surface area contributed by atoms with E-state index in [9.17, 15) is 27.2 Å². The van der Waals surface area contributed by atoms with Crippen molar-refractivity contribution in [2.24, 2.45) is 0 Å². The Morgan fingerprint density at radius 1 is 0.600 bits per heavy atom. The molecular weight excluding hydrogens is 398 g/mol. The van der Waals surface area contributed by atoms with Gasteiger partial charge in [0.1, 0.15) is 0 Å². The average Bonchev–Trinajstić information content (AvgIpc) is 2.98. The standard InChI is InChI=1S/C23H13F4NO2/c24-16-8-6-14(10-18(16)26)20-21(15-7-9-17(25)19(27)11-15)23(30)28(22(20)29)12-13-4-2-1-3-5-13/h1-11H,12H2. The largest absolute Gasteiger partial charge is 0.270 e. The van der Waals surface area contributed by atoms with Crippen molar-refractivity contribution in [3.05, 3.63) is 107 Å². The summed E-state index contributed by atoms with van der Waals surface area (Å²) in [4.78, 5) is 27.2. The minimum atomic E-state index is -1.20. The molecule has 1 aliphatic heterocycles. The second-order valence-electron chi connectivity index (χ2n) is 6.69. The van der Waals surface area contributed by atoms with Crippen LogP contribution < -0.4 is 0 Å². The van der Waals surface area contributed by atoms with Crippen molar-refractivity contribution in [2.45, 2.75) is 6.54 Å². The maximum atomic E-state index is 13.8. The quantitative estimate of drug-likeness (QED) is 0.460. The Kier molecular flexibility index (Phi) is 4.95. The molecule has 4 rings (SSSR count). The van der Waals surface area contributed by atoms with Crippen molar-refractivity contribution in [1.82, 2.24) is 4.90 Å². The van der Waals surface area contributed by atoms with Gasteiger partial charge in [-0.3, -0.25) is 14.5 Å². The van der Waals surface area contributed by atoms with Gasteiger partial charge >= 0.3 is 0 Å². The molecule has 0 aliphatic carbocycles. The minimum absolute atomic E-state index is 0.0393. The highest BCUT2D eigenvalue weighted by molar-refractivity contribution is 6.48. The van der Waals surface area contributed by atoms with E-state index >= 15 is 0 Å². The van der Waals surface area contributed by atoms with Crippen LogP contribution in [0.5, 0.6) is 0 Å². The van der Waals surface area contributed by atoms with Crippen molar-refractivity contribution in [1.29, 1.82) is 0 Å². The number of hydrogen-bond donors (Lipinski definition) is 0. The zero-order valence-electron chi connectivity index (χ0n) is 15.3. The summed E-state index contributed by atoms with van der Waals surface area (Å²) in [5.74, 6) is -6.12. The molecule has 3 aromatic carbocycles. The molecule has 3 aromatic rings. The molecule has 0 bridgehead atoms. The molecule has 1 heterocycles. The van der Waals surface area contributed by atoms with Crippen molar-refractivity contribution in [2.75, 3.05) is 0 Å². The third kappa shape index (κ3) is 3.39. The first-order valence-corrected chi connectivity index (χ1v) is 8.92. The topological polar surface area (TPSA) is 37.4 Å². The second-order valence-corrected chi connectivity index (χ2v) is 6.69. The highest BCUT2D eigenvalue weighted by Crippen LogP contribution is 2.37.